The molecule has 0 radical (unpaired) electrons. The van der Waals surface area contributed by atoms with Crippen molar-refractivity contribution in [3.8, 4) is 5.88 Å². The maximum absolute atomic E-state index is 13.0. The molecule has 0 saturated carbocycles. The first kappa shape index (κ1) is 20.2. The fourth-order valence-electron chi connectivity index (χ4n) is 4.19. The molecular weight excluding hydrogens is 412 g/mol. The van der Waals surface area contributed by atoms with Crippen LogP contribution in [0.3, 0.4) is 0 Å². The number of hydrogen-bond acceptors (Lipinski definition) is 10. The van der Waals surface area contributed by atoms with Gasteiger partial charge in [-0.3, -0.25) is 4.79 Å². The van der Waals surface area contributed by atoms with Gasteiger partial charge in [-0.1, -0.05) is 12.1 Å². The van der Waals surface area contributed by atoms with Crippen LogP contribution < -0.4 is 21.5 Å². The molecule has 2 aliphatic heterocycles. The summed E-state index contributed by atoms with van der Waals surface area (Å²) in [5, 5.41) is 4.17. The van der Waals surface area contributed by atoms with Crippen LogP contribution in [0.2, 0.25) is 0 Å². The molecule has 5 rings (SSSR count). The Morgan fingerprint density at radius 3 is 3.00 bits per heavy atom. The van der Waals surface area contributed by atoms with E-state index in [1.54, 1.807) is 4.90 Å². The number of hydrogen-bond donors (Lipinski definition) is 3. The standard InChI is InChI=1S/C21H24N8O3/c22-17-14-9-21(32-19(14)28-20(23)27-17)10-29(7-8-31-11-21)16(30)5-6-24-18-13-3-1-2-4-15(13)25-12-26-18/h1-4,12H,5-11H2,(H,24,25,26)(H4,22,23,27,28)/t21-/m0/s1. The van der Waals surface area contributed by atoms with E-state index in [4.69, 9.17) is 20.9 Å². The van der Waals surface area contributed by atoms with Gasteiger partial charge in [-0.2, -0.15) is 9.97 Å². The molecule has 166 valence electrons. The number of ether oxygens (including phenoxy) is 2. The van der Waals surface area contributed by atoms with Crippen LogP contribution in [0.1, 0.15) is 12.0 Å². The highest BCUT2D eigenvalue weighted by molar-refractivity contribution is 5.88. The highest BCUT2D eigenvalue weighted by Crippen LogP contribution is 2.38. The summed E-state index contributed by atoms with van der Waals surface area (Å²) in [6.07, 6.45) is 2.28. The molecule has 2 aromatic heterocycles. The van der Waals surface area contributed by atoms with Crippen molar-refractivity contribution < 1.29 is 14.3 Å². The quantitative estimate of drug-likeness (QED) is 0.530. The Morgan fingerprint density at radius 1 is 1.22 bits per heavy atom. The minimum absolute atomic E-state index is 0.00105. The predicted octanol–water partition coefficient (Wildman–Crippen LogP) is 0.619. The summed E-state index contributed by atoms with van der Waals surface area (Å²) < 4.78 is 11.9. The number of nitrogens with two attached hydrogens (primary N) is 2. The van der Waals surface area contributed by atoms with E-state index in [9.17, 15) is 4.79 Å². The number of anilines is 3. The van der Waals surface area contributed by atoms with E-state index in [-0.39, 0.29) is 11.9 Å². The number of amides is 1. The fourth-order valence-corrected chi connectivity index (χ4v) is 4.19. The molecule has 1 saturated heterocycles. The van der Waals surface area contributed by atoms with Gasteiger partial charge >= 0.3 is 0 Å². The van der Waals surface area contributed by atoms with E-state index in [2.05, 4.69) is 25.3 Å². The second kappa shape index (κ2) is 8.08. The van der Waals surface area contributed by atoms with Gasteiger partial charge in [0.05, 0.1) is 30.8 Å². The van der Waals surface area contributed by atoms with Crippen LogP contribution >= 0.6 is 0 Å². The number of carbonyl (C=O) groups excluding carboxylic acids is 1. The molecular formula is C21H24N8O3. The Bertz CT molecular complexity index is 1170. The Kier molecular flexibility index (Phi) is 5.10. The minimum atomic E-state index is -0.749. The molecule has 3 aromatic rings. The van der Waals surface area contributed by atoms with Gasteiger partial charge in [-0.05, 0) is 12.1 Å². The SMILES string of the molecule is Nc1nc(N)c2c(n1)O[C@@]1(COCCN(C(=O)CCNc3ncnc4ccccc34)C1)C2. The van der Waals surface area contributed by atoms with Crippen molar-refractivity contribution in [1.29, 1.82) is 0 Å². The third-order valence-electron chi connectivity index (χ3n) is 5.71. The van der Waals surface area contributed by atoms with Gasteiger partial charge < -0.3 is 31.2 Å². The maximum atomic E-state index is 13.0. The van der Waals surface area contributed by atoms with Gasteiger partial charge in [0.25, 0.3) is 0 Å². The van der Waals surface area contributed by atoms with E-state index < -0.39 is 5.60 Å². The van der Waals surface area contributed by atoms with Gasteiger partial charge in [0, 0.05) is 31.3 Å². The first-order valence-corrected chi connectivity index (χ1v) is 10.4. The van der Waals surface area contributed by atoms with Crippen LogP contribution in [0.5, 0.6) is 5.88 Å². The van der Waals surface area contributed by atoms with Crippen molar-refractivity contribution >= 4 is 34.4 Å². The first-order valence-electron chi connectivity index (χ1n) is 10.4. The Balaban J connectivity index is 1.24. The number of nitrogens with one attached hydrogen (secondary N) is 1. The average Bonchev–Trinajstić information content (AvgIpc) is 3.00. The third-order valence-corrected chi connectivity index (χ3v) is 5.71. The van der Waals surface area contributed by atoms with Crippen molar-refractivity contribution in [3.63, 3.8) is 0 Å². The van der Waals surface area contributed by atoms with Gasteiger partial charge in [0.15, 0.2) is 5.60 Å². The zero-order chi connectivity index (χ0) is 22.1. The van der Waals surface area contributed by atoms with E-state index in [0.717, 1.165) is 10.9 Å². The number of benzene rings is 1. The third kappa shape index (κ3) is 3.82. The lowest BCUT2D eigenvalue weighted by Crippen LogP contribution is -2.50. The number of carbonyl (C=O) groups is 1. The summed E-state index contributed by atoms with van der Waals surface area (Å²) >= 11 is 0. The normalized spacial score (nSPS) is 20.1. The van der Waals surface area contributed by atoms with Crippen molar-refractivity contribution in [1.82, 2.24) is 24.8 Å². The molecule has 32 heavy (non-hydrogen) atoms. The monoisotopic (exact) mass is 436 g/mol. The molecule has 11 nitrogen and oxygen atoms in total. The number of nitrogen functional groups attached to an aromatic ring is 2. The van der Waals surface area contributed by atoms with Gasteiger partial charge in [0.2, 0.25) is 17.7 Å². The molecule has 0 aliphatic carbocycles. The molecule has 1 aromatic carbocycles. The van der Waals surface area contributed by atoms with E-state index in [1.165, 1.54) is 6.33 Å². The lowest BCUT2D eigenvalue weighted by atomic mass is 9.98. The predicted molar refractivity (Wildman–Crippen MR) is 118 cm³/mol. The molecule has 1 atom stereocenters. The maximum Gasteiger partial charge on any atom is 0.225 e. The van der Waals surface area contributed by atoms with Crippen LogP contribution in [-0.2, 0) is 16.0 Å². The zero-order valence-electron chi connectivity index (χ0n) is 17.5. The Morgan fingerprint density at radius 2 is 2.09 bits per heavy atom. The highest BCUT2D eigenvalue weighted by Gasteiger charge is 2.45. The molecule has 0 unspecified atom stereocenters. The summed E-state index contributed by atoms with van der Waals surface area (Å²) in [6, 6.07) is 7.74. The Hall–Kier alpha value is -3.73. The second-order valence-corrected chi connectivity index (χ2v) is 8.00. The smallest absolute Gasteiger partial charge is 0.225 e. The lowest BCUT2D eigenvalue weighted by Gasteiger charge is -2.31. The number of para-hydroxylation sites is 1. The van der Waals surface area contributed by atoms with Gasteiger partial charge in [-0.25, -0.2) is 9.97 Å². The van der Waals surface area contributed by atoms with Crippen molar-refractivity contribution in [2.75, 3.05) is 49.6 Å². The van der Waals surface area contributed by atoms with Crippen LogP contribution in [0.4, 0.5) is 17.6 Å². The van der Waals surface area contributed by atoms with Crippen molar-refractivity contribution in [2.45, 2.75) is 18.4 Å². The van der Waals surface area contributed by atoms with Gasteiger partial charge in [0.1, 0.15) is 18.0 Å². The largest absolute Gasteiger partial charge is 0.466 e. The number of rotatable bonds is 4. The number of aromatic nitrogens is 4. The van der Waals surface area contributed by atoms with Crippen molar-refractivity contribution in [2.24, 2.45) is 0 Å². The highest BCUT2D eigenvalue weighted by atomic mass is 16.6. The number of nitrogens with zero attached hydrogens (tertiary/aromatic N) is 5. The average molecular weight is 436 g/mol. The van der Waals surface area contributed by atoms with E-state index in [0.29, 0.717) is 68.8 Å². The van der Waals surface area contributed by atoms with Crippen LogP contribution in [0.15, 0.2) is 30.6 Å². The summed E-state index contributed by atoms with van der Waals surface area (Å²) in [5.41, 5.74) is 12.5. The summed E-state index contributed by atoms with van der Waals surface area (Å²) in [4.78, 5) is 31.5. The molecule has 1 amide bonds. The lowest BCUT2D eigenvalue weighted by molar-refractivity contribution is -0.132. The van der Waals surface area contributed by atoms with Crippen LogP contribution in [0, 0.1) is 0 Å². The summed E-state index contributed by atoms with van der Waals surface area (Å²) in [6.45, 7) is 2.07. The molecule has 2 aliphatic rings. The topological polar surface area (TPSA) is 154 Å². The summed E-state index contributed by atoms with van der Waals surface area (Å²) in [5.74, 6) is 1.43. The van der Waals surface area contributed by atoms with Crippen LogP contribution in [0.25, 0.3) is 10.9 Å². The van der Waals surface area contributed by atoms with E-state index in [1.807, 2.05) is 24.3 Å². The second-order valence-electron chi connectivity index (χ2n) is 8.00. The van der Waals surface area contributed by atoms with Gasteiger partial charge in [-0.15, -0.1) is 0 Å². The molecule has 5 N–H and O–H groups in total. The molecule has 1 spiro atoms. The fraction of sp³-hybridized carbons (Fsp3) is 0.381. The Labute approximate surface area is 184 Å². The molecule has 4 heterocycles. The van der Waals surface area contributed by atoms with Crippen LogP contribution in [-0.4, -0.2) is 69.2 Å². The zero-order valence-corrected chi connectivity index (χ0v) is 17.5. The molecule has 0 bridgehead atoms. The van der Waals surface area contributed by atoms with Crippen molar-refractivity contribution in [3.05, 3.63) is 36.2 Å². The van der Waals surface area contributed by atoms with E-state index >= 15 is 0 Å². The summed E-state index contributed by atoms with van der Waals surface area (Å²) in [7, 11) is 0. The molecule has 11 heteroatoms. The number of fused-ring (bicyclic) bond motifs is 2. The molecule has 1 fully saturated rings. The first-order chi connectivity index (χ1) is 15.5. The minimum Gasteiger partial charge on any atom is -0.466 e.